The Morgan fingerprint density at radius 2 is 2.20 bits per heavy atom. The standard InChI is InChI=1S/C14H10N2O2S2/c1-8(16-14-15-7-12(19)20-14)10-6-9-4-2-3-5-11(9)18-13(10)17/h2-7,19H,1H3/b16-8+. The van der Waals surface area contributed by atoms with Gasteiger partial charge in [-0.3, -0.25) is 0 Å². The summed E-state index contributed by atoms with van der Waals surface area (Å²) in [5.74, 6) is 0. The highest BCUT2D eigenvalue weighted by molar-refractivity contribution is 7.83. The molecule has 0 aliphatic heterocycles. The van der Waals surface area contributed by atoms with Gasteiger partial charge in [0.15, 0.2) is 0 Å². The minimum Gasteiger partial charge on any atom is -0.422 e. The molecule has 3 aromatic rings. The first-order valence-electron chi connectivity index (χ1n) is 5.87. The molecule has 0 spiro atoms. The van der Waals surface area contributed by atoms with Gasteiger partial charge in [0.25, 0.3) is 0 Å². The van der Waals surface area contributed by atoms with E-state index in [1.807, 2.05) is 18.2 Å². The average Bonchev–Trinajstić information content (AvgIpc) is 2.83. The van der Waals surface area contributed by atoms with Gasteiger partial charge < -0.3 is 4.42 Å². The van der Waals surface area contributed by atoms with Gasteiger partial charge in [-0.15, -0.1) is 12.6 Å². The molecule has 4 nitrogen and oxygen atoms in total. The van der Waals surface area contributed by atoms with Crippen molar-refractivity contribution in [3.63, 3.8) is 0 Å². The third-order valence-electron chi connectivity index (χ3n) is 2.78. The summed E-state index contributed by atoms with van der Waals surface area (Å²) < 4.78 is 6.07. The molecular weight excluding hydrogens is 292 g/mol. The highest BCUT2D eigenvalue weighted by atomic mass is 32.2. The maximum Gasteiger partial charge on any atom is 0.345 e. The van der Waals surface area contributed by atoms with Gasteiger partial charge in [0, 0.05) is 5.39 Å². The molecule has 0 aliphatic carbocycles. The van der Waals surface area contributed by atoms with E-state index in [2.05, 4.69) is 22.6 Å². The summed E-state index contributed by atoms with van der Waals surface area (Å²) in [4.78, 5) is 20.4. The smallest absolute Gasteiger partial charge is 0.345 e. The molecule has 100 valence electrons. The molecule has 3 rings (SSSR count). The zero-order chi connectivity index (χ0) is 14.1. The number of hydrogen-bond acceptors (Lipinski definition) is 6. The van der Waals surface area contributed by atoms with E-state index in [1.54, 1.807) is 25.3 Å². The molecule has 0 aliphatic rings. The van der Waals surface area contributed by atoms with E-state index in [0.717, 1.165) is 9.60 Å². The highest BCUT2D eigenvalue weighted by Gasteiger charge is 2.09. The van der Waals surface area contributed by atoms with Crippen molar-refractivity contribution in [3.05, 3.63) is 52.5 Å². The quantitative estimate of drug-likeness (QED) is 0.446. The number of nitrogens with zero attached hydrogens (tertiary/aromatic N) is 2. The minimum atomic E-state index is -0.396. The Balaban J connectivity index is 2.11. The summed E-state index contributed by atoms with van der Waals surface area (Å²) in [5.41, 5.74) is 1.19. The van der Waals surface area contributed by atoms with Crippen LogP contribution in [-0.4, -0.2) is 10.7 Å². The molecule has 0 atom stereocenters. The van der Waals surface area contributed by atoms with Crippen LogP contribution in [0.2, 0.25) is 0 Å². The summed E-state index contributed by atoms with van der Waals surface area (Å²) in [6.45, 7) is 1.76. The fourth-order valence-corrected chi connectivity index (χ4v) is 2.71. The van der Waals surface area contributed by atoms with Gasteiger partial charge in [0.05, 0.1) is 21.7 Å². The molecule has 2 heterocycles. The number of aromatic nitrogens is 1. The number of aliphatic imine (C=N–C) groups is 1. The van der Waals surface area contributed by atoms with Crippen molar-refractivity contribution in [1.82, 2.24) is 4.98 Å². The Bertz CT molecular complexity index is 865. The van der Waals surface area contributed by atoms with Crippen LogP contribution in [0.3, 0.4) is 0 Å². The summed E-state index contributed by atoms with van der Waals surface area (Å²) >= 11 is 5.54. The molecule has 0 amide bonds. The number of thiol groups is 1. The van der Waals surface area contributed by atoms with E-state index in [-0.39, 0.29) is 0 Å². The first-order valence-corrected chi connectivity index (χ1v) is 7.13. The molecule has 0 radical (unpaired) electrons. The van der Waals surface area contributed by atoms with Crippen LogP contribution in [0.1, 0.15) is 12.5 Å². The summed E-state index contributed by atoms with van der Waals surface area (Å²) in [5, 5.41) is 1.44. The number of hydrogen-bond donors (Lipinski definition) is 1. The van der Waals surface area contributed by atoms with Gasteiger partial charge in [-0.25, -0.2) is 14.8 Å². The van der Waals surface area contributed by atoms with Gasteiger partial charge in [0.1, 0.15) is 5.58 Å². The van der Waals surface area contributed by atoms with Crippen LogP contribution < -0.4 is 5.63 Å². The molecule has 0 N–H and O–H groups in total. The van der Waals surface area contributed by atoms with Crippen LogP contribution in [0.4, 0.5) is 5.13 Å². The van der Waals surface area contributed by atoms with Crippen LogP contribution in [0, 0.1) is 0 Å². The maximum absolute atomic E-state index is 12.0. The fourth-order valence-electron chi connectivity index (χ4n) is 1.83. The lowest BCUT2D eigenvalue weighted by molar-refractivity contribution is 0.559. The van der Waals surface area contributed by atoms with E-state index in [4.69, 9.17) is 4.42 Å². The predicted molar refractivity (Wildman–Crippen MR) is 83.7 cm³/mol. The van der Waals surface area contributed by atoms with E-state index in [9.17, 15) is 4.79 Å². The van der Waals surface area contributed by atoms with E-state index < -0.39 is 5.63 Å². The first kappa shape index (κ1) is 13.1. The van der Waals surface area contributed by atoms with Crippen LogP contribution >= 0.6 is 24.0 Å². The average molecular weight is 302 g/mol. The molecule has 0 fully saturated rings. The third-order valence-corrected chi connectivity index (χ3v) is 3.86. The van der Waals surface area contributed by atoms with Crippen molar-refractivity contribution in [2.75, 3.05) is 0 Å². The van der Waals surface area contributed by atoms with Crippen molar-refractivity contribution >= 4 is 45.8 Å². The van der Waals surface area contributed by atoms with Crippen molar-refractivity contribution in [2.24, 2.45) is 4.99 Å². The van der Waals surface area contributed by atoms with Gasteiger partial charge in [-0.2, -0.15) is 0 Å². The van der Waals surface area contributed by atoms with Crippen molar-refractivity contribution < 1.29 is 4.42 Å². The van der Waals surface area contributed by atoms with Crippen LogP contribution in [0.25, 0.3) is 11.0 Å². The summed E-state index contributed by atoms with van der Waals surface area (Å²) in [6, 6.07) is 9.17. The monoisotopic (exact) mass is 302 g/mol. The lowest BCUT2D eigenvalue weighted by atomic mass is 10.1. The zero-order valence-electron chi connectivity index (χ0n) is 10.5. The lowest BCUT2D eigenvalue weighted by Crippen LogP contribution is -2.11. The Kier molecular flexibility index (Phi) is 3.42. The van der Waals surface area contributed by atoms with Crippen LogP contribution in [0.15, 0.2) is 54.9 Å². The number of para-hydroxylation sites is 1. The Morgan fingerprint density at radius 1 is 1.40 bits per heavy atom. The molecule has 0 saturated carbocycles. The second kappa shape index (κ2) is 5.22. The fraction of sp³-hybridized carbons (Fsp3) is 0.0714. The topological polar surface area (TPSA) is 55.5 Å². The second-order valence-electron chi connectivity index (χ2n) is 4.16. The molecule has 6 heteroatoms. The first-order chi connectivity index (χ1) is 9.63. The Labute approximate surface area is 124 Å². The van der Waals surface area contributed by atoms with Crippen LogP contribution in [0.5, 0.6) is 0 Å². The van der Waals surface area contributed by atoms with Crippen molar-refractivity contribution in [2.45, 2.75) is 11.1 Å². The van der Waals surface area contributed by atoms with Gasteiger partial charge in [-0.05, 0) is 19.1 Å². The number of fused-ring (bicyclic) bond motifs is 1. The SMILES string of the molecule is C/C(=N\c1ncc(S)s1)c1cc2ccccc2oc1=O. The summed E-state index contributed by atoms with van der Waals surface area (Å²) in [7, 11) is 0. The van der Waals surface area contributed by atoms with Gasteiger partial charge in [-0.1, -0.05) is 29.5 Å². The van der Waals surface area contributed by atoms with Crippen LogP contribution in [-0.2, 0) is 0 Å². The molecule has 0 saturated heterocycles. The molecule has 20 heavy (non-hydrogen) atoms. The second-order valence-corrected chi connectivity index (χ2v) is 5.96. The molecule has 2 aromatic heterocycles. The Hall–Kier alpha value is -1.92. The van der Waals surface area contributed by atoms with E-state index in [0.29, 0.717) is 22.0 Å². The molecule has 1 aromatic carbocycles. The van der Waals surface area contributed by atoms with Crippen molar-refractivity contribution in [1.29, 1.82) is 0 Å². The molecular formula is C14H10N2O2S2. The number of benzene rings is 1. The largest absolute Gasteiger partial charge is 0.422 e. The minimum absolute atomic E-state index is 0.396. The highest BCUT2D eigenvalue weighted by Crippen LogP contribution is 2.24. The number of thiazole rings is 1. The Morgan fingerprint density at radius 3 is 2.95 bits per heavy atom. The lowest BCUT2D eigenvalue weighted by Gasteiger charge is -2.01. The molecule has 0 bridgehead atoms. The van der Waals surface area contributed by atoms with E-state index in [1.165, 1.54) is 11.3 Å². The zero-order valence-corrected chi connectivity index (χ0v) is 12.2. The predicted octanol–water partition coefficient (Wildman–Crippen LogP) is 3.68. The maximum atomic E-state index is 12.0. The third kappa shape index (κ3) is 2.52. The van der Waals surface area contributed by atoms with Gasteiger partial charge >= 0.3 is 5.63 Å². The van der Waals surface area contributed by atoms with Gasteiger partial charge in [0.2, 0.25) is 5.13 Å². The summed E-state index contributed by atoms with van der Waals surface area (Å²) in [6.07, 6.45) is 1.63. The van der Waals surface area contributed by atoms with Crippen molar-refractivity contribution in [3.8, 4) is 0 Å². The molecule has 0 unspecified atom stereocenters. The van der Waals surface area contributed by atoms with E-state index >= 15 is 0 Å². The number of rotatable bonds is 2. The normalized spacial score (nSPS) is 12.0.